The van der Waals surface area contributed by atoms with Crippen LogP contribution < -0.4 is 10.2 Å². The standard InChI is InChI=1S/C45H83N2O7P/c1-6-8-10-12-14-15-16-17-18-19-20-21-25-29-33-37-44(49)43(41-54-55(51,52)53-40-39-47(3,4)5)46-45(50)38-34-30-26-22-24-28-32-36-42(48)35-31-27-23-13-11-9-7-2/h22-23,26-28,31-33,35,37,42-44,48-49H,6-21,24-25,29-30,34,36,38-41H2,1-5H3,(H-,46,50,51,52)/b26-22+,27-23-,32-28-,35-31-,37-33+/t42-,43-,44+/m0/s1. The predicted octanol–water partition coefficient (Wildman–Crippen LogP) is 10.2. The summed E-state index contributed by atoms with van der Waals surface area (Å²) >= 11 is 0. The number of hydrogen-bond donors (Lipinski definition) is 3. The summed E-state index contributed by atoms with van der Waals surface area (Å²) in [4.78, 5) is 25.3. The summed E-state index contributed by atoms with van der Waals surface area (Å²) in [5.74, 6) is -0.282. The molecule has 0 bridgehead atoms. The van der Waals surface area contributed by atoms with E-state index < -0.39 is 32.7 Å². The Kier molecular flexibility index (Phi) is 35.3. The number of amides is 1. The number of nitrogens with zero attached hydrogens (tertiary/aromatic N) is 1. The first kappa shape index (κ1) is 53.2. The number of unbranched alkanes of at least 4 members (excludes halogenated alkanes) is 17. The highest BCUT2D eigenvalue weighted by atomic mass is 31.2. The Balaban J connectivity index is 4.63. The van der Waals surface area contributed by atoms with E-state index in [1.165, 1.54) is 89.9 Å². The average Bonchev–Trinajstić information content (AvgIpc) is 3.13. The Morgan fingerprint density at radius 2 is 1.24 bits per heavy atom. The van der Waals surface area contributed by atoms with Gasteiger partial charge in [-0.2, -0.15) is 0 Å². The van der Waals surface area contributed by atoms with Gasteiger partial charge in [0.15, 0.2) is 0 Å². The van der Waals surface area contributed by atoms with Gasteiger partial charge in [0, 0.05) is 6.42 Å². The van der Waals surface area contributed by atoms with Crippen LogP contribution in [0.1, 0.15) is 162 Å². The van der Waals surface area contributed by atoms with Crippen LogP contribution in [0.25, 0.3) is 0 Å². The second-order valence-electron chi connectivity index (χ2n) is 15.9. The van der Waals surface area contributed by atoms with Gasteiger partial charge >= 0.3 is 0 Å². The summed E-state index contributed by atoms with van der Waals surface area (Å²) < 4.78 is 23.1. The van der Waals surface area contributed by atoms with E-state index in [9.17, 15) is 24.5 Å². The molecule has 0 aromatic heterocycles. The minimum Gasteiger partial charge on any atom is -0.756 e. The predicted molar refractivity (Wildman–Crippen MR) is 230 cm³/mol. The lowest BCUT2D eigenvalue weighted by atomic mass is 10.0. The van der Waals surface area contributed by atoms with Crippen molar-refractivity contribution in [3.05, 3.63) is 60.8 Å². The molecular weight excluding hydrogens is 711 g/mol. The zero-order valence-corrected chi connectivity index (χ0v) is 36.6. The van der Waals surface area contributed by atoms with Crippen LogP contribution in [0.3, 0.4) is 0 Å². The highest BCUT2D eigenvalue weighted by Crippen LogP contribution is 2.38. The van der Waals surface area contributed by atoms with Crippen LogP contribution in [-0.4, -0.2) is 79.8 Å². The van der Waals surface area contributed by atoms with Crippen LogP contribution >= 0.6 is 7.82 Å². The molecule has 1 amide bonds. The summed E-state index contributed by atoms with van der Waals surface area (Å²) in [5.41, 5.74) is 0. The summed E-state index contributed by atoms with van der Waals surface area (Å²) in [6.45, 7) is 4.48. The van der Waals surface area contributed by atoms with Gasteiger partial charge in [0.25, 0.3) is 7.82 Å². The molecule has 55 heavy (non-hydrogen) atoms. The van der Waals surface area contributed by atoms with E-state index in [-0.39, 0.29) is 18.9 Å². The van der Waals surface area contributed by atoms with Crippen molar-refractivity contribution < 1.29 is 38.0 Å². The number of carbonyl (C=O) groups is 1. The van der Waals surface area contributed by atoms with Crippen molar-refractivity contribution in [2.75, 3.05) is 40.9 Å². The van der Waals surface area contributed by atoms with E-state index in [0.29, 0.717) is 30.3 Å². The minimum absolute atomic E-state index is 0.0252. The van der Waals surface area contributed by atoms with Crippen LogP contribution in [0.15, 0.2) is 60.8 Å². The third-order valence-corrected chi connectivity index (χ3v) is 10.3. The first-order valence-electron chi connectivity index (χ1n) is 21.8. The molecule has 0 spiro atoms. The van der Waals surface area contributed by atoms with Gasteiger partial charge in [0.05, 0.1) is 46.0 Å². The van der Waals surface area contributed by atoms with Crippen LogP contribution in [-0.2, 0) is 18.4 Å². The molecule has 0 aliphatic rings. The highest BCUT2D eigenvalue weighted by molar-refractivity contribution is 7.45. The normalized spacial score (nSPS) is 15.6. The molecule has 0 heterocycles. The number of aliphatic hydroxyl groups is 2. The van der Waals surface area contributed by atoms with E-state index in [4.69, 9.17) is 9.05 Å². The van der Waals surface area contributed by atoms with Gasteiger partial charge < -0.3 is 34.0 Å². The van der Waals surface area contributed by atoms with E-state index in [0.717, 1.165) is 32.1 Å². The number of phosphoric acid groups is 1. The van der Waals surface area contributed by atoms with Crippen molar-refractivity contribution in [3.63, 3.8) is 0 Å². The van der Waals surface area contributed by atoms with Gasteiger partial charge in [-0.25, -0.2) is 0 Å². The molecule has 0 aliphatic carbocycles. The number of rotatable bonds is 38. The smallest absolute Gasteiger partial charge is 0.268 e. The lowest BCUT2D eigenvalue weighted by Crippen LogP contribution is -2.45. The number of phosphoric ester groups is 1. The van der Waals surface area contributed by atoms with Crippen molar-refractivity contribution in [2.45, 2.75) is 180 Å². The van der Waals surface area contributed by atoms with Gasteiger partial charge in [-0.15, -0.1) is 0 Å². The maximum Gasteiger partial charge on any atom is 0.268 e. The summed E-state index contributed by atoms with van der Waals surface area (Å²) in [5, 5.41) is 23.8. The van der Waals surface area contributed by atoms with Gasteiger partial charge in [-0.1, -0.05) is 164 Å². The Hall–Kier alpha value is -1.84. The Morgan fingerprint density at radius 3 is 1.87 bits per heavy atom. The molecule has 1 unspecified atom stereocenters. The molecule has 4 atom stereocenters. The number of hydrogen-bond acceptors (Lipinski definition) is 7. The van der Waals surface area contributed by atoms with Crippen molar-refractivity contribution in [1.82, 2.24) is 5.32 Å². The van der Waals surface area contributed by atoms with E-state index in [1.54, 1.807) is 12.2 Å². The van der Waals surface area contributed by atoms with Gasteiger partial charge in [-0.3, -0.25) is 9.36 Å². The van der Waals surface area contributed by atoms with Crippen molar-refractivity contribution in [1.29, 1.82) is 0 Å². The molecule has 0 radical (unpaired) electrons. The van der Waals surface area contributed by atoms with Crippen LogP contribution in [0, 0.1) is 0 Å². The molecule has 3 N–H and O–H groups in total. The second kappa shape index (κ2) is 36.5. The number of carbonyl (C=O) groups excluding carboxylic acids is 1. The Labute approximate surface area is 337 Å². The van der Waals surface area contributed by atoms with Crippen LogP contribution in [0.5, 0.6) is 0 Å². The maximum absolute atomic E-state index is 12.8. The maximum atomic E-state index is 12.8. The number of allylic oxidation sites excluding steroid dienone is 7. The minimum atomic E-state index is -4.62. The van der Waals surface area contributed by atoms with Gasteiger partial charge in [0.2, 0.25) is 5.91 Å². The zero-order valence-electron chi connectivity index (χ0n) is 35.7. The van der Waals surface area contributed by atoms with Crippen molar-refractivity contribution >= 4 is 13.7 Å². The molecule has 0 saturated heterocycles. The molecular formula is C45H83N2O7P. The van der Waals surface area contributed by atoms with E-state index in [1.807, 2.05) is 63.7 Å². The quantitative estimate of drug-likeness (QED) is 0.0187. The molecule has 0 fully saturated rings. The number of quaternary nitrogens is 1. The zero-order chi connectivity index (χ0) is 40.9. The number of aliphatic hydroxyl groups excluding tert-OH is 2. The van der Waals surface area contributed by atoms with Crippen LogP contribution in [0.4, 0.5) is 0 Å². The van der Waals surface area contributed by atoms with Gasteiger partial charge in [0.1, 0.15) is 13.2 Å². The molecule has 0 aromatic rings. The molecule has 0 saturated carbocycles. The number of nitrogens with one attached hydrogen (secondary N) is 1. The third-order valence-electron chi connectivity index (χ3n) is 9.30. The van der Waals surface area contributed by atoms with Crippen molar-refractivity contribution in [2.24, 2.45) is 0 Å². The summed E-state index contributed by atoms with van der Waals surface area (Å²) in [7, 11) is 1.18. The van der Waals surface area contributed by atoms with Gasteiger partial charge in [-0.05, 0) is 51.4 Å². The SMILES string of the molecule is CCCCC/C=C\C=C/[C@H](O)C/C=C\C/C=C/CCCC(=O)N[C@@H](COP(=O)([O-])OCC[N+](C)(C)C)[C@H](O)/C=C/CCCCCCCCCCCCCCC. The molecule has 0 aromatic carbocycles. The van der Waals surface area contributed by atoms with Crippen LogP contribution in [0.2, 0.25) is 0 Å². The lowest BCUT2D eigenvalue weighted by Gasteiger charge is -2.29. The fourth-order valence-corrected chi connectivity index (χ4v) is 6.48. The lowest BCUT2D eigenvalue weighted by molar-refractivity contribution is -0.870. The fourth-order valence-electron chi connectivity index (χ4n) is 5.75. The molecule has 320 valence electrons. The average molecular weight is 795 g/mol. The Morgan fingerprint density at radius 1 is 0.691 bits per heavy atom. The molecule has 9 nitrogen and oxygen atoms in total. The molecule has 10 heteroatoms. The summed E-state index contributed by atoms with van der Waals surface area (Å²) in [6, 6.07) is -0.938. The summed E-state index contributed by atoms with van der Waals surface area (Å²) in [6.07, 6.45) is 42.9. The van der Waals surface area contributed by atoms with E-state index in [2.05, 4.69) is 25.2 Å². The monoisotopic (exact) mass is 795 g/mol. The Bertz CT molecular complexity index is 1100. The first-order valence-corrected chi connectivity index (χ1v) is 23.2. The topological polar surface area (TPSA) is 128 Å². The highest BCUT2D eigenvalue weighted by Gasteiger charge is 2.23. The number of likely N-dealkylation sites (N-methyl/N-ethyl adjacent to an activating group) is 1. The second-order valence-corrected chi connectivity index (χ2v) is 17.3. The van der Waals surface area contributed by atoms with E-state index >= 15 is 0 Å². The largest absolute Gasteiger partial charge is 0.756 e. The third kappa shape index (κ3) is 38.8. The first-order chi connectivity index (χ1) is 26.4. The fraction of sp³-hybridized carbons (Fsp3) is 0.756. The molecule has 0 aliphatic heterocycles. The van der Waals surface area contributed by atoms with Crippen molar-refractivity contribution in [3.8, 4) is 0 Å². The molecule has 0 rings (SSSR count).